The molecule has 0 aromatic rings. The van der Waals surface area contributed by atoms with E-state index in [-0.39, 0.29) is 6.04 Å². The quantitative estimate of drug-likeness (QED) is 0.657. The maximum absolute atomic E-state index is 10.2. The van der Waals surface area contributed by atoms with E-state index in [1.54, 1.807) is 0 Å². The smallest absolute Gasteiger partial charge is 0.0761 e. The third-order valence-corrected chi connectivity index (χ3v) is 5.08. The second kappa shape index (κ2) is 8.51. The van der Waals surface area contributed by atoms with E-state index in [1.807, 2.05) is 12.2 Å². The molecule has 23 heavy (non-hydrogen) atoms. The normalized spacial score (nSPS) is 30.9. The van der Waals surface area contributed by atoms with Crippen molar-refractivity contribution in [1.29, 1.82) is 0 Å². The maximum atomic E-state index is 10.2. The van der Waals surface area contributed by atoms with Crippen LogP contribution in [0.2, 0.25) is 0 Å². The molecule has 0 saturated heterocycles. The lowest BCUT2D eigenvalue weighted by molar-refractivity contribution is 0.222. The topological polar surface area (TPSA) is 72.3 Å². The summed E-state index contributed by atoms with van der Waals surface area (Å²) in [6.45, 7) is 4.48. The first kappa shape index (κ1) is 18.0. The number of aliphatic hydroxyl groups is 1. The number of allylic oxidation sites excluding steroid dienone is 5. The Morgan fingerprint density at radius 2 is 2.09 bits per heavy atom. The standard InChI is InChI=1S/C20H32N2O/c1-14-10-18(22)11-15(2)20(14)13-17(21)8-9-19(23)12-16-6-4-3-5-7-16/h4,6-10,14-15,17,19-20,23H,3,5,11-13,21-22H2,1-2H3/b9-8-/t14?,15?,17?,19-,20?/m1/s1. The molecule has 2 aliphatic rings. The van der Waals surface area contributed by atoms with Crippen molar-refractivity contribution < 1.29 is 5.11 Å². The van der Waals surface area contributed by atoms with E-state index in [0.717, 1.165) is 31.4 Å². The average molecular weight is 316 g/mol. The molecule has 5 N–H and O–H groups in total. The van der Waals surface area contributed by atoms with Gasteiger partial charge in [-0.1, -0.05) is 50.3 Å². The molecule has 2 aliphatic carbocycles. The molecule has 2 rings (SSSR count). The molecule has 4 unspecified atom stereocenters. The minimum atomic E-state index is -0.452. The van der Waals surface area contributed by atoms with Gasteiger partial charge >= 0.3 is 0 Å². The van der Waals surface area contributed by atoms with Gasteiger partial charge in [-0.15, -0.1) is 0 Å². The molecule has 0 aromatic carbocycles. The fourth-order valence-corrected chi connectivity index (χ4v) is 3.81. The highest BCUT2D eigenvalue weighted by molar-refractivity contribution is 5.23. The summed E-state index contributed by atoms with van der Waals surface area (Å²) >= 11 is 0. The minimum Gasteiger partial charge on any atom is -0.402 e. The predicted molar refractivity (Wildman–Crippen MR) is 97.5 cm³/mol. The van der Waals surface area contributed by atoms with Crippen molar-refractivity contribution >= 4 is 0 Å². The van der Waals surface area contributed by atoms with Crippen LogP contribution in [-0.4, -0.2) is 17.3 Å². The molecule has 0 fully saturated rings. The Morgan fingerprint density at radius 3 is 2.74 bits per heavy atom. The van der Waals surface area contributed by atoms with Gasteiger partial charge in [0.2, 0.25) is 0 Å². The lowest BCUT2D eigenvalue weighted by Crippen LogP contribution is -2.32. The lowest BCUT2D eigenvalue weighted by atomic mass is 9.73. The summed E-state index contributed by atoms with van der Waals surface area (Å²) in [5, 5.41) is 10.2. The summed E-state index contributed by atoms with van der Waals surface area (Å²) in [5.41, 5.74) is 14.5. The van der Waals surface area contributed by atoms with Crippen LogP contribution >= 0.6 is 0 Å². The third-order valence-electron chi connectivity index (χ3n) is 5.08. The van der Waals surface area contributed by atoms with Crippen molar-refractivity contribution in [2.45, 2.75) is 58.1 Å². The number of aliphatic hydroxyl groups excluding tert-OH is 1. The molecule has 0 spiro atoms. The highest BCUT2D eigenvalue weighted by Gasteiger charge is 2.28. The highest BCUT2D eigenvalue weighted by Crippen LogP contribution is 2.34. The van der Waals surface area contributed by atoms with E-state index in [1.165, 1.54) is 5.57 Å². The summed E-state index contributed by atoms with van der Waals surface area (Å²) < 4.78 is 0. The molecule has 5 atom stereocenters. The maximum Gasteiger partial charge on any atom is 0.0761 e. The van der Waals surface area contributed by atoms with Gasteiger partial charge in [-0.3, -0.25) is 0 Å². The Hall–Kier alpha value is -1.32. The van der Waals surface area contributed by atoms with E-state index in [2.05, 4.69) is 38.2 Å². The van der Waals surface area contributed by atoms with Crippen LogP contribution in [0.15, 0.2) is 47.7 Å². The van der Waals surface area contributed by atoms with Crippen molar-refractivity contribution in [3.05, 3.63) is 47.7 Å². The van der Waals surface area contributed by atoms with Crippen molar-refractivity contribution in [1.82, 2.24) is 0 Å². The first-order chi connectivity index (χ1) is 11.0. The first-order valence-electron chi connectivity index (χ1n) is 8.89. The lowest BCUT2D eigenvalue weighted by Gasteiger charge is -2.34. The highest BCUT2D eigenvalue weighted by atomic mass is 16.3. The molecule has 0 amide bonds. The SMILES string of the molecule is CC1C=C(N)CC(C)C1CC(N)/C=C\[C@@H](O)CC1=CCCC=C1. The summed E-state index contributed by atoms with van der Waals surface area (Å²) in [7, 11) is 0. The van der Waals surface area contributed by atoms with Gasteiger partial charge in [-0.05, 0) is 49.0 Å². The summed E-state index contributed by atoms with van der Waals surface area (Å²) in [5.74, 6) is 1.60. The number of hydrogen-bond donors (Lipinski definition) is 3. The van der Waals surface area contributed by atoms with Gasteiger partial charge < -0.3 is 16.6 Å². The molecule has 3 heteroatoms. The predicted octanol–water partition coefficient (Wildman–Crippen LogP) is 3.42. The summed E-state index contributed by atoms with van der Waals surface area (Å²) in [6.07, 6.45) is 16.8. The van der Waals surface area contributed by atoms with Crippen LogP contribution in [0.3, 0.4) is 0 Å². The van der Waals surface area contributed by atoms with Gasteiger partial charge in [0, 0.05) is 18.2 Å². The second-order valence-electron chi connectivity index (χ2n) is 7.26. The van der Waals surface area contributed by atoms with Crippen LogP contribution < -0.4 is 11.5 Å². The van der Waals surface area contributed by atoms with Crippen LogP contribution in [0.4, 0.5) is 0 Å². The monoisotopic (exact) mass is 316 g/mol. The van der Waals surface area contributed by atoms with Gasteiger partial charge in [0.25, 0.3) is 0 Å². The van der Waals surface area contributed by atoms with Crippen LogP contribution in [0.1, 0.15) is 46.0 Å². The van der Waals surface area contributed by atoms with Crippen LogP contribution in [0.5, 0.6) is 0 Å². The van der Waals surface area contributed by atoms with E-state index in [0.29, 0.717) is 24.2 Å². The van der Waals surface area contributed by atoms with Crippen molar-refractivity contribution in [3.63, 3.8) is 0 Å². The largest absolute Gasteiger partial charge is 0.402 e. The van der Waals surface area contributed by atoms with Crippen molar-refractivity contribution in [3.8, 4) is 0 Å². The number of nitrogens with two attached hydrogens (primary N) is 2. The summed E-state index contributed by atoms with van der Waals surface area (Å²) in [6, 6.07) is -0.0110. The van der Waals surface area contributed by atoms with Crippen LogP contribution in [-0.2, 0) is 0 Å². The zero-order chi connectivity index (χ0) is 16.8. The van der Waals surface area contributed by atoms with Gasteiger partial charge in [0.1, 0.15) is 0 Å². The molecule has 0 saturated carbocycles. The van der Waals surface area contributed by atoms with Crippen LogP contribution in [0, 0.1) is 17.8 Å². The molecular formula is C20H32N2O. The van der Waals surface area contributed by atoms with Gasteiger partial charge in [0.15, 0.2) is 0 Å². The molecule has 0 aromatic heterocycles. The zero-order valence-electron chi connectivity index (χ0n) is 14.5. The molecule has 0 bridgehead atoms. The Bertz CT molecular complexity index is 504. The molecular weight excluding hydrogens is 284 g/mol. The Kier molecular flexibility index (Phi) is 6.67. The van der Waals surface area contributed by atoms with Crippen molar-refractivity contribution in [2.24, 2.45) is 29.2 Å². The van der Waals surface area contributed by atoms with Gasteiger partial charge in [0.05, 0.1) is 6.10 Å². The fourth-order valence-electron chi connectivity index (χ4n) is 3.81. The van der Waals surface area contributed by atoms with Gasteiger partial charge in [-0.2, -0.15) is 0 Å². The molecule has 0 radical (unpaired) electrons. The minimum absolute atomic E-state index is 0.0110. The van der Waals surface area contributed by atoms with E-state index >= 15 is 0 Å². The second-order valence-corrected chi connectivity index (χ2v) is 7.26. The molecule has 3 nitrogen and oxygen atoms in total. The van der Waals surface area contributed by atoms with Gasteiger partial charge in [-0.25, -0.2) is 0 Å². The first-order valence-corrected chi connectivity index (χ1v) is 8.89. The fraction of sp³-hybridized carbons (Fsp3) is 0.600. The number of rotatable bonds is 6. The third kappa shape index (κ3) is 5.67. The average Bonchev–Trinajstić information content (AvgIpc) is 2.50. The molecule has 0 aliphatic heterocycles. The van der Waals surface area contributed by atoms with E-state index in [9.17, 15) is 5.11 Å². The number of hydrogen-bond acceptors (Lipinski definition) is 3. The van der Waals surface area contributed by atoms with E-state index < -0.39 is 6.10 Å². The zero-order valence-corrected chi connectivity index (χ0v) is 14.5. The van der Waals surface area contributed by atoms with Crippen molar-refractivity contribution in [2.75, 3.05) is 0 Å². The Labute approximate surface area is 140 Å². The molecule has 0 heterocycles. The Morgan fingerprint density at radius 1 is 1.30 bits per heavy atom. The molecule has 128 valence electrons. The Balaban J connectivity index is 1.82. The van der Waals surface area contributed by atoms with E-state index in [4.69, 9.17) is 11.5 Å². The van der Waals surface area contributed by atoms with Crippen LogP contribution in [0.25, 0.3) is 0 Å². The summed E-state index contributed by atoms with van der Waals surface area (Å²) in [4.78, 5) is 0.